The lowest BCUT2D eigenvalue weighted by atomic mass is 10.1. The Bertz CT molecular complexity index is 1620. The number of aromatic nitrogens is 3. The van der Waals surface area contributed by atoms with Crippen molar-refractivity contribution in [2.75, 3.05) is 0 Å². The summed E-state index contributed by atoms with van der Waals surface area (Å²) in [5.41, 5.74) is 4.96. The first-order valence-electron chi connectivity index (χ1n) is 11.8. The summed E-state index contributed by atoms with van der Waals surface area (Å²) in [4.78, 5) is 26.7. The van der Waals surface area contributed by atoms with Gasteiger partial charge in [-0.05, 0) is 57.9 Å². The molecule has 0 aliphatic heterocycles. The van der Waals surface area contributed by atoms with Crippen LogP contribution in [0.1, 0.15) is 26.8 Å². The van der Waals surface area contributed by atoms with Gasteiger partial charge in [-0.3, -0.25) is 9.36 Å². The van der Waals surface area contributed by atoms with Gasteiger partial charge in [0.25, 0.3) is 5.56 Å². The highest BCUT2D eigenvalue weighted by atomic mass is 32.1. The zero-order chi connectivity index (χ0) is 25.4. The van der Waals surface area contributed by atoms with Crippen molar-refractivity contribution in [3.8, 4) is 32.3 Å². The molecular weight excluding hydrogens is 489 g/mol. The summed E-state index contributed by atoms with van der Waals surface area (Å²) in [6.07, 6.45) is 0.668. The lowest BCUT2D eigenvalue weighted by molar-refractivity contribution is 0.626. The number of hydrogen-bond acceptors (Lipinski definition) is 5. The molecule has 7 heteroatoms. The van der Waals surface area contributed by atoms with Gasteiger partial charge in [-0.15, -0.1) is 22.7 Å². The van der Waals surface area contributed by atoms with Crippen molar-refractivity contribution in [2.45, 2.75) is 40.7 Å². The minimum absolute atomic E-state index is 0.109. The van der Waals surface area contributed by atoms with Gasteiger partial charge in [0.15, 0.2) is 0 Å². The molecule has 5 rings (SSSR count). The van der Waals surface area contributed by atoms with E-state index in [4.69, 9.17) is 4.98 Å². The molecule has 0 saturated carbocycles. The highest BCUT2D eigenvalue weighted by molar-refractivity contribution is 7.18. The molecule has 5 aromatic rings. The van der Waals surface area contributed by atoms with Gasteiger partial charge in [0, 0.05) is 27.4 Å². The minimum atomic E-state index is -0.355. The normalized spacial score (nSPS) is 11.2. The predicted octanol–water partition coefficient (Wildman–Crippen LogP) is 7.38. The Kier molecular flexibility index (Phi) is 6.69. The second-order valence-electron chi connectivity index (χ2n) is 8.83. The second-order valence-corrected chi connectivity index (χ2v) is 11.3. The molecule has 0 N–H and O–H groups in total. The summed E-state index contributed by atoms with van der Waals surface area (Å²) in [6, 6.07) is 18.4. The average molecular weight is 516 g/mol. The van der Waals surface area contributed by atoms with Gasteiger partial charge >= 0.3 is 0 Å². The first-order chi connectivity index (χ1) is 17.3. The summed E-state index contributed by atoms with van der Waals surface area (Å²) in [7, 11) is 0. The summed E-state index contributed by atoms with van der Waals surface area (Å²) in [6.45, 7) is 8.41. The summed E-state index contributed by atoms with van der Waals surface area (Å²) < 4.78 is 15.8. The van der Waals surface area contributed by atoms with E-state index in [1.165, 1.54) is 12.1 Å². The second kappa shape index (κ2) is 9.91. The van der Waals surface area contributed by atoms with Gasteiger partial charge < -0.3 is 0 Å². The number of rotatable bonds is 6. The zero-order valence-corrected chi connectivity index (χ0v) is 22.3. The number of thiophene rings is 1. The van der Waals surface area contributed by atoms with Crippen molar-refractivity contribution in [2.24, 2.45) is 0 Å². The maximum absolute atomic E-state index is 14.1. The minimum Gasteiger partial charge on any atom is -0.292 e. The van der Waals surface area contributed by atoms with E-state index in [1.54, 1.807) is 39.4 Å². The lowest BCUT2D eigenvalue weighted by Crippen LogP contribution is -2.27. The van der Waals surface area contributed by atoms with Crippen LogP contribution in [0.3, 0.4) is 0 Å². The third-order valence-electron chi connectivity index (χ3n) is 6.21. The molecule has 3 aromatic heterocycles. The van der Waals surface area contributed by atoms with Crippen molar-refractivity contribution < 1.29 is 4.39 Å². The third kappa shape index (κ3) is 4.68. The van der Waals surface area contributed by atoms with Crippen LogP contribution in [0.2, 0.25) is 0 Å². The van der Waals surface area contributed by atoms with Crippen LogP contribution in [0.4, 0.5) is 4.39 Å². The van der Waals surface area contributed by atoms with E-state index in [0.29, 0.717) is 35.6 Å². The summed E-state index contributed by atoms with van der Waals surface area (Å²) in [5.74, 6) is 0.131. The SMILES string of the molecule is Cc1nc(C)c(-c2cc(-c3c(C)nc(-c4cccc(F)c4)n(CCc4ccccc4)c3=O)sc2C)s1. The first-order valence-corrected chi connectivity index (χ1v) is 13.4. The highest BCUT2D eigenvalue weighted by Gasteiger charge is 2.21. The molecule has 4 nitrogen and oxygen atoms in total. The maximum atomic E-state index is 14.1. The van der Waals surface area contributed by atoms with E-state index in [-0.39, 0.29) is 11.4 Å². The smallest absolute Gasteiger partial charge is 0.262 e. The molecule has 0 unspecified atom stereocenters. The molecule has 36 heavy (non-hydrogen) atoms. The fourth-order valence-corrected chi connectivity index (χ4v) is 6.67. The highest BCUT2D eigenvalue weighted by Crippen LogP contribution is 2.40. The summed E-state index contributed by atoms with van der Waals surface area (Å²) in [5, 5.41) is 1.02. The maximum Gasteiger partial charge on any atom is 0.262 e. The Balaban J connectivity index is 1.65. The van der Waals surface area contributed by atoms with E-state index in [1.807, 2.05) is 51.1 Å². The Morgan fingerprint density at radius 2 is 1.67 bits per heavy atom. The van der Waals surface area contributed by atoms with Crippen molar-refractivity contribution in [3.63, 3.8) is 0 Å². The molecular formula is C29H26FN3OS2. The van der Waals surface area contributed by atoms with E-state index < -0.39 is 0 Å². The Morgan fingerprint density at radius 3 is 2.36 bits per heavy atom. The van der Waals surface area contributed by atoms with Crippen LogP contribution in [-0.2, 0) is 13.0 Å². The van der Waals surface area contributed by atoms with E-state index in [9.17, 15) is 9.18 Å². The van der Waals surface area contributed by atoms with E-state index >= 15 is 0 Å². The molecule has 3 heterocycles. The largest absolute Gasteiger partial charge is 0.292 e. The van der Waals surface area contributed by atoms with E-state index in [2.05, 4.69) is 18.0 Å². The molecule has 0 amide bonds. The molecule has 2 aromatic carbocycles. The number of hydrogen-bond donors (Lipinski definition) is 0. The molecule has 182 valence electrons. The topological polar surface area (TPSA) is 47.8 Å². The number of halogens is 1. The average Bonchev–Trinajstić information content (AvgIpc) is 3.39. The number of thiazole rings is 1. The van der Waals surface area contributed by atoms with Crippen LogP contribution < -0.4 is 5.56 Å². The zero-order valence-electron chi connectivity index (χ0n) is 20.6. The Morgan fingerprint density at radius 1 is 0.889 bits per heavy atom. The monoisotopic (exact) mass is 515 g/mol. The number of benzene rings is 2. The molecule has 0 saturated heterocycles. The van der Waals surface area contributed by atoms with Crippen molar-refractivity contribution in [1.29, 1.82) is 0 Å². The third-order valence-corrected chi connectivity index (χ3v) is 8.39. The van der Waals surface area contributed by atoms with Crippen LogP contribution in [0.15, 0.2) is 65.5 Å². The van der Waals surface area contributed by atoms with Crippen LogP contribution in [-0.4, -0.2) is 14.5 Å². The standard InChI is InChI=1S/C29H26FN3OS2/c1-17-26(25-16-24(19(3)35-25)27-18(2)31-20(4)36-27)29(34)33(14-13-21-9-6-5-7-10-21)28(32-17)22-11-8-12-23(30)15-22/h5-12,15-16H,13-14H2,1-4H3. The number of aryl methyl sites for hydroxylation is 5. The number of nitrogens with zero attached hydrogens (tertiary/aromatic N) is 3. The molecule has 0 spiro atoms. The molecule has 0 atom stereocenters. The predicted molar refractivity (Wildman–Crippen MR) is 147 cm³/mol. The van der Waals surface area contributed by atoms with E-state index in [0.717, 1.165) is 36.5 Å². The molecule has 0 radical (unpaired) electrons. The van der Waals surface area contributed by atoms with Gasteiger partial charge in [0.05, 0.1) is 26.8 Å². The molecule has 0 fully saturated rings. The lowest BCUT2D eigenvalue weighted by Gasteiger charge is -2.16. The van der Waals surface area contributed by atoms with Crippen molar-refractivity contribution in [1.82, 2.24) is 14.5 Å². The van der Waals surface area contributed by atoms with Gasteiger partial charge in [-0.25, -0.2) is 14.4 Å². The van der Waals surface area contributed by atoms with Crippen molar-refractivity contribution in [3.05, 3.63) is 104 Å². The van der Waals surface area contributed by atoms with Crippen LogP contribution >= 0.6 is 22.7 Å². The van der Waals surface area contributed by atoms with Crippen LogP contribution in [0, 0.1) is 33.5 Å². The molecule has 0 aliphatic rings. The fourth-order valence-electron chi connectivity index (χ4n) is 4.50. The van der Waals surface area contributed by atoms with Gasteiger partial charge in [0.2, 0.25) is 0 Å². The summed E-state index contributed by atoms with van der Waals surface area (Å²) >= 11 is 3.27. The van der Waals surface area contributed by atoms with Crippen LogP contribution in [0.5, 0.6) is 0 Å². The Labute approximate surface area is 217 Å². The Hall–Kier alpha value is -3.42. The molecule has 0 aliphatic carbocycles. The van der Waals surface area contributed by atoms with Crippen LogP contribution in [0.25, 0.3) is 32.3 Å². The van der Waals surface area contributed by atoms with Gasteiger partial charge in [-0.2, -0.15) is 0 Å². The quantitative estimate of drug-likeness (QED) is 0.237. The van der Waals surface area contributed by atoms with Crippen molar-refractivity contribution >= 4 is 22.7 Å². The fraction of sp³-hybridized carbons (Fsp3) is 0.207. The molecule has 0 bridgehead atoms. The van der Waals surface area contributed by atoms with Gasteiger partial charge in [0.1, 0.15) is 11.6 Å². The van der Waals surface area contributed by atoms with Gasteiger partial charge in [-0.1, -0.05) is 42.5 Å². The first kappa shape index (κ1) is 24.3.